The van der Waals surface area contributed by atoms with Gasteiger partial charge in [0.25, 0.3) is 0 Å². The Morgan fingerprint density at radius 1 is 0.955 bits per heavy atom. The van der Waals surface area contributed by atoms with Gasteiger partial charge >= 0.3 is 0 Å². The molecule has 0 saturated carbocycles. The molecule has 0 bridgehead atoms. The third-order valence-corrected chi connectivity index (χ3v) is 4.54. The van der Waals surface area contributed by atoms with Gasteiger partial charge in [0.05, 0.1) is 6.54 Å². The zero-order valence-corrected chi connectivity index (χ0v) is 12.8. The van der Waals surface area contributed by atoms with Crippen molar-refractivity contribution in [1.29, 1.82) is 0 Å². The first-order valence-corrected chi connectivity index (χ1v) is 8.14. The highest BCUT2D eigenvalue weighted by atomic mass is 32.1. The molecule has 3 nitrogen and oxygen atoms in total. The van der Waals surface area contributed by atoms with Crippen molar-refractivity contribution in [3.63, 3.8) is 0 Å². The molecular formula is C18H15N3S. The number of rotatable bonds is 4. The molecule has 0 radical (unpaired) electrons. The maximum atomic E-state index is 4.79. The maximum Gasteiger partial charge on any atom is 0.160 e. The van der Waals surface area contributed by atoms with Gasteiger partial charge in [0, 0.05) is 17.5 Å². The van der Waals surface area contributed by atoms with Crippen LogP contribution in [0.1, 0.15) is 16.3 Å². The number of nitrogens with zero attached hydrogens (tertiary/aromatic N) is 3. The second-order valence-corrected chi connectivity index (χ2v) is 6.23. The number of pyridine rings is 1. The van der Waals surface area contributed by atoms with E-state index < -0.39 is 0 Å². The third kappa shape index (κ3) is 2.53. The summed E-state index contributed by atoms with van der Waals surface area (Å²) in [6.45, 7) is 0.827. The highest BCUT2D eigenvalue weighted by molar-refractivity contribution is 7.09. The summed E-state index contributed by atoms with van der Waals surface area (Å²) in [5.41, 5.74) is 3.19. The molecule has 3 aromatic heterocycles. The van der Waals surface area contributed by atoms with Crippen LogP contribution in [0.25, 0.3) is 11.2 Å². The fourth-order valence-corrected chi connectivity index (χ4v) is 3.34. The molecule has 4 heteroatoms. The Bertz CT molecular complexity index is 879. The molecule has 0 amide bonds. The van der Waals surface area contributed by atoms with Crippen LogP contribution in [0.2, 0.25) is 0 Å². The standard InChI is InChI=1S/C18H15N3S/c1-2-6-14(7-3-1)12-17-20-16-9-4-10-19-18(16)21(17)13-15-8-5-11-22-15/h1-11H,12-13H2. The predicted molar refractivity (Wildman–Crippen MR) is 90.2 cm³/mol. The van der Waals surface area contributed by atoms with E-state index in [0.717, 1.165) is 30.0 Å². The number of fused-ring (bicyclic) bond motifs is 1. The van der Waals surface area contributed by atoms with Gasteiger partial charge in [-0.15, -0.1) is 11.3 Å². The highest BCUT2D eigenvalue weighted by Crippen LogP contribution is 2.20. The monoisotopic (exact) mass is 305 g/mol. The molecule has 108 valence electrons. The molecule has 1 aromatic carbocycles. The fraction of sp³-hybridized carbons (Fsp3) is 0.111. The van der Waals surface area contributed by atoms with E-state index in [4.69, 9.17) is 4.98 Å². The minimum absolute atomic E-state index is 0.822. The lowest BCUT2D eigenvalue weighted by Gasteiger charge is -2.07. The number of benzene rings is 1. The van der Waals surface area contributed by atoms with Crippen LogP contribution < -0.4 is 0 Å². The number of thiophene rings is 1. The predicted octanol–water partition coefficient (Wildman–Crippen LogP) is 4.13. The summed E-state index contributed by atoms with van der Waals surface area (Å²) in [6.07, 6.45) is 2.66. The van der Waals surface area contributed by atoms with E-state index in [1.54, 1.807) is 11.3 Å². The van der Waals surface area contributed by atoms with Gasteiger partial charge in [0.15, 0.2) is 5.65 Å². The second-order valence-electron chi connectivity index (χ2n) is 5.20. The Morgan fingerprint density at radius 3 is 2.68 bits per heavy atom. The molecule has 0 aliphatic rings. The molecule has 3 heterocycles. The van der Waals surface area contributed by atoms with Crippen molar-refractivity contribution in [3.8, 4) is 0 Å². The first-order chi connectivity index (χ1) is 10.9. The zero-order chi connectivity index (χ0) is 14.8. The van der Waals surface area contributed by atoms with Gasteiger partial charge in [0.2, 0.25) is 0 Å². The van der Waals surface area contributed by atoms with Crippen molar-refractivity contribution in [3.05, 3.63) is 82.4 Å². The summed E-state index contributed by atoms with van der Waals surface area (Å²) in [6, 6.07) is 18.7. The highest BCUT2D eigenvalue weighted by Gasteiger charge is 2.12. The van der Waals surface area contributed by atoms with E-state index in [-0.39, 0.29) is 0 Å². The summed E-state index contributed by atoms with van der Waals surface area (Å²) >= 11 is 1.77. The molecule has 0 fully saturated rings. The first kappa shape index (κ1) is 13.2. The van der Waals surface area contributed by atoms with E-state index in [1.165, 1.54) is 10.4 Å². The van der Waals surface area contributed by atoms with Crippen molar-refractivity contribution in [2.75, 3.05) is 0 Å². The number of hydrogen-bond donors (Lipinski definition) is 0. The number of hydrogen-bond acceptors (Lipinski definition) is 3. The molecule has 0 N–H and O–H groups in total. The lowest BCUT2D eigenvalue weighted by molar-refractivity contribution is 0.764. The van der Waals surface area contributed by atoms with Crippen molar-refractivity contribution in [1.82, 2.24) is 14.5 Å². The van der Waals surface area contributed by atoms with Gasteiger partial charge in [-0.3, -0.25) is 0 Å². The summed E-state index contributed by atoms with van der Waals surface area (Å²) in [4.78, 5) is 10.6. The topological polar surface area (TPSA) is 30.7 Å². The summed E-state index contributed by atoms with van der Waals surface area (Å²) in [5.74, 6) is 1.06. The Hall–Kier alpha value is -2.46. The van der Waals surface area contributed by atoms with Crippen LogP contribution in [-0.4, -0.2) is 14.5 Å². The molecule has 0 spiro atoms. The molecule has 22 heavy (non-hydrogen) atoms. The Labute approximate surface area is 132 Å². The van der Waals surface area contributed by atoms with Gasteiger partial charge in [-0.1, -0.05) is 36.4 Å². The minimum Gasteiger partial charge on any atom is -0.307 e. The van der Waals surface area contributed by atoms with Gasteiger partial charge in [-0.25, -0.2) is 9.97 Å². The lowest BCUT2D eigenvalue weighted by atomic mass is 10.1. The van der Waals surface area contributed by atoms with Gasteiger partial charge in [0.1, 0.15) is 11.3 Å². The molecule has 4 aromatic rings. The number of aromatic nitrogens is 3. The van der Waals surface area contributed by atoms with Crippen molar-refractivity contribution in [2.24, 2.45) is 0 Å². The number of imidazole rings is 1. The second kappa shape index (κ2) is 5.73. The zero-order valence-electron chi connectivity index (χ0n) is 12.0. The van der Waals surface area contributed by atoms with Crippen LogP contribution >= 0.6 is 11.3 Å². The average Bonchev–Trinajstić information content (AvgIpc) is 3.18. The van der Waals surface area contributed by atoms with Crippen LogP contribution in [0.4, 0.5) is 0 Å². The molecule has 0 unspecified atom stereocenters. The van der Waals surface area contributed by atoms with E-state index in [1.807, 2.05) is 24.4 Å². The molecule has 0 saturated heterocycles. The van der Waals surface area contributed by atoms with Crippen molar-refractivity contribution in [2.45, 2.75) is 13.0 Å². The summed E-state index contributed by atoms with van der Waals surface area (Å²) in [5, 5.41) is 2.11. The van der Waals surface area contributed by atoms with Crippen LogP contribution in [0.5, 0.6) is 0 Å². The normalized spacial score (nSPS) is 11.1. The SMILES string of the molecule is c1ccc(Cc2nc3cccnc3n2Cc2cccs2)cc1. The van der Waals surface area contributed by atoms with Crippen molar-refractivity contribution >= 4 is 22.5 Å². The lowest BCUT2D eigenvalue weighted by Crippen LogP contribution is -2.05. The largest absolute Gasteiger partial charge is 0.307 e. The fourth-order valence-electron chi connectivity index (χ4n) is 2.64. The molecule has 4 rings (SSSR count). The summed E-state index contributed by atoms with van der Waals surface area (Å²) < 4.78 is 2.23. The minimum atomic E-state index is 0.822. The van der Waals surface area contributed by atoms with Crippen LogP contribution in [0, 0.1) is 0 Å². The van der Waals surface area contributed by atoms with Gasteiger partial charge in [-0.05, 0) is 29.1 Å². The van der Waals surface area contributed by atoms with Crippen molar-refractivity contribution < 1.29 is 0 Å². The molecular weight excluding hydrogens is 290 g/mol. The van der Waals surface area contributed by atoms with E-state index in [2.05, 4.69) is 51.3 Å². The average molecular weight is 305 g/mol. The first-order valence-electron chi connectivity index (χ1n) is 7.26. The Morgan fingerprint density at radius 2 is 1.86 bits per heavy atom. The Balaban J connectivity index is 1.79. The van der Waals surface area contributed by atoms with Crippen LogP contribution in [0.3, 0.4) is 0 Å². The third-order valence-electron chi connectivity index (χ3n) is 3.68. The van der Waals surface area contributed by atoms with Crippen LogP contribution in [0.15, 0.2) is 66.2 Å². The van der Waals surface area contributed by atoms with E-state index >= 15 is 0 Å². The van der Waals surface area contributed by atoms with Crippen LogP contribution in [-0.2, 0) is 13.0 Å². The molecule has 0 aliphatic heterocycles. The van der Waals surface area contributed by atoms with E-state index in [9.17, 15) is 0 Å². The van der Waals surface area contributed by atoms with E-state index in [0.29, 0.717) is 0 Å². The molecule has 0 atom stereocenters. The quantitative estimate of drug-likeness (QED) is 0.567. The molecule has 0 aliphatic carbocycles. The Kier molecular flexibility index (Phi) is 3.45. The van der Waals surface area contributed by atoms with Gasteiger partial charge in [-0.2, -0.15) is 0 Å². The maximum absolute atomic E-state index is 4.79. The summed E-state index contributed by atoms with van der Waals surface area (Å²) in [7, 11) is 0. The smallest absolute Gasteiger partial charge is 0.160 e. The van der Waals surface area contributed by atoms with Gasteiger partial charge < -0.3 is 4.57 Å².